The third-order valence-electron chi connectivity index (χ3n) is 1.74. The van der Waals surface area contributed by atoms with Crippen LogP contribution in [-0.2, 0) is 0 Å². The van der Waals surface area contributed by atoms with E-state index in [1.54, 1.807) is 18.2 Å². The van der Waals surface area contributed by atoms with E-state index in [1.807, 2.05) is 12.2 Å². The first-order valence-electron chi connectivity index (χ1n) is 4.40. The lowest BCUT2D eigenvalue weighted by atomic mass is 10.2. The molecule has 1 aromatic carbocycles. The van der Waals surface area contributed by atoms with Crippen LogP contribution in [0.4, 0.5) is 0 Å². The van der Waals surface area contributed by atoms with Crippen molar-refractivity contribution in [1.82, 2.24) is 0 Å². The summed E-state index contributed by atoms with van der Waals surface area (Å²) in [7, 11) is 0. The smallest absolute Gasteiger partial charge is 0.134 e. The number of rotatable bonds is 4. The van der Waals surface area contributed by atoms with Gasteiger partial charge in [0.2, 0.25) is 0 Å². The quantitative estimate of drug-likeness (QED) is 0.359. The van der Waals surface area contributed by atoms with E-state index in [1.165, 1.54) is 0 Å². The van der Waals surface area contributed by atoms with Gasteiger partial charge in [-0.15, -0.1) is 0 Å². The highest BCUT2D eigenvalue weighted by molar-refractivity contribution is 6.32. The highest BCUT2D eigenvalue weighted by Gasteiger charge is 1.96. The molecule has 1 N–H and O–H groups in total. The zero-order valence-corrected chi connectivity index (χ0v) is 8.72. The Bertz CT molecular complexity index is 411. The molecule has 0 saturated carbocycles. The van der Waals surface area contributed by atoms with E-state index in [2.05, 4.69) is 10.0 Å². The van der Waals surface area contributed by atoms with Crippen LogP contribution < -0.4 is 0 Å². The van der Waals surface area contributed by atoms with Crippen molar-refractivity contribution in [2.24, 2.45) is 5.11 Å². The van der Waals surface area contributed by atoms with E-state index in [-0.39, 0.29) is 5.75 Å². The molecule has 0 aliphatic carbocycles. The third-order valence-corrected chi connectivity index (χ3v) is 2.06. The fourth-order valence-electron chi connectivity index (χ4n) is 1.03. The minimum absolute atomic E-state index is 0.0638. The largest absolute Gasteiger partial charge is 0.506 e. The number of nitrogens with zero attached hydrogens (tertiary/aromatic N) is 3. The van der Waals surface area contributed by atoms with Crippen molar-refractivity contribution in [1.29, 1.82) is 0 Å². The first-order chi connectivity index (χ1) is 7.24. The number of halogens is 1. The van der Waals surface area contributed by atoms with E-state index >= 15 is 0 Å². The Balaban J connectivity index is 2.56. The van der Waals surface area contributed by atoms with Gasteiger partial charge in [-0.2, -0.15) is 0 Å². The van der Waals surface area contributed by atoms with Gasteiger partial charge in [-0.3, -0.25) is 0 Å². The Kier molecular flexibility index (Phi) is 4.54. The summed E-state index contributed by atoms with van der Waals surface area (Å²) in [6.45, 7) is 0.437. The summed E-state index contributed by atoms with van der Waals surface area (Å²) >= 11 is 5.65. The fraction of sp³-hybridized carbons (Fsp3) is 0.200. The predicted octanol–water partition coefficient (Wildman–Crippen LogP) is 3.76. The lowest BCUT2D eigenvalue weighted by Gasteiger charge is -1.97. The lowest BCUT2D eigenvalue weighted by molar-refractivity contribution is 0.475. The van der Waals surface area contributed by atoms with Gasteiger partial charge in [-0.1, -0.05) is 34.9 Å². The van der Waals surface area contributed by atoms with Crippen LogP contribution in [0.5, 0.6) is 5.75 Å². The zero-order valence-electron chi connectivity index (χ0n) is 7.97. The van der Waals surface area contributed by atoms with E-state index in [9.17, 15) is 5.11 Å². The van der Waals surface area contributed by atoms with Gasteiger partial charge in [-0.05, 0) is 29.6 Å². The number of azide groups is 1. The molecule has 0 saturated heterocycles. The van der Waals surface area contributed by atoms with E-state index in [0.717, 1.165) is 5.56 Å². The van der Waals surface area contributed by atoms with Crippen molar-refractivity contribution in [2.75, 3.05) is 6.54 Å². The molecule has 0 radical (unpaired) electrons. The van der Waals surface area contributed by atoms with Gasteiger partial charge in [0.1, 0.15) is 5.75 Å². The van der Waals surface area contributed by atoms with Crippen LogP contribution in [-0.4, -0.2) is 11.7 Å². The molecule has 0 bridgehead atoms. The summed E-state index contributed by atoms with van der Waals surface area (Å²) in [5, 5.41) is 13.0. The fourth-order valence-corrected chi connectivity index (χ4v) is 1.15. The Labute approximate surface area is 92.4 Å². The van der Waals surface area contributed by atoms with Gasteiger partial charge in [0.05, 0.1) is 5.02 Å². The van der Waals surface area contributed by atoms with Crippen molar-refractivity contribution in [2.45, 2.75) is 6.42 Å². The van der Waals surface area contributed by atoms with Crippen molar-refractivity contribution >= 4 is 17.7 Å². The second kappa shape index (κ2) is 5.96. The van der Waals surface area contributed by atoms with Gasteiger partial charge < -0.3 is 5.11 Å². The molecule has 1 rings (SSSR count). The zero-order chi connectivity index (χ0) is 11.1. The monoisotopic (exact) mass is 223 g/mol. The molecule has 78 valence electrons. The maximum Gasteiger partial charge on any atom is 0.134 e. The molecule has 4 nitrogen and oxygen atoms in total. The highest BCUT2D eigenvalue weighted by Crippen LogP contribution is 2.24. The molecular formula is C10H10ClN3O. The van der Waals surface area contributed by atoms with Crippen LogP contribution in [0.3, 0.4) is 0 Å². The van der Waals surface area contributed by atoms with Gasteiger partial charge >= 0.3 is 0 Å². The number of phenols is 1. The number of benzene rings is 1. The Morgan fingerprint density at radius 2 is 2.33 bits per heavy atom. The van der Waals surface area contributed by atoms with Crippen LogP contribution in [0, 0.1) is 0 Å². The summed E-state index contributed by atoms with van der Waals surface area (Å²) in [6, 6.07) is 5.00. The van der Waals surface area contributed by atoms with Gasteiger partial charge in [0, 0.05) is 11.5 Å². The van der Waals surface area contributed by atoms with Crippen molar-refractivity contribution < 1.29 is 5.11 Å². The summed E-state index contributed by atoms with van der Waals surface area (Å²) in [5.74, 6) is 0.0638. The molecule has 0 fully saturated rings. The van der Waals surface area contributed by atoms with Crippen molar-refractivity contribution in [3.05, 3.63) is 45.3 Å². The van der Waals surface area contributed by atoms with Crippen molar-refractivity contribution in [3.8, 4) is 5.75 Å². The SMILES string of the molecule is [N-]=[N+]=NCCC=Cc1ccc(Cl)c(O)c1. The van der Waals surface area contributed by atoms with Crippen LogP contribution >= 0.6 is 11.6 Å². The van der Waals surface area contributed by atoms with E-state index in [4.69, 9.17) is 17.1 Å². The maximum absolute atomic E-state index is 9.31. The van der Waals surface area contributed by atoms with Crippen LogP contribution in [0.2, 0.25) is 5.02 Å². The van der Waals surface area contributed by atoms with Gasteiger partial charge in [-0.25, -0.2) is 0 Å². The second-order valence-electron chi connectivity index (χ2n) is 2.86. The Morgan fingerprint density at radius 3 is 3.00 bits per heavy atom. The molecule has 0 aliphatic rings. The van der Waals surface area contributed by atoms with Crippen LogP contribution in [0.15, 0.2) is 29.4 Å². The Hall–Kier alpha value is -1.64. The van der Waals surface area contributed by atoms with Crippen LogP contribution in [0.25, 0.3) is 16.5 Å². The molecule has 0 aromatic heterocycles. The number of aromatic hydroxyl groups is 1. The second-order valence-corrected chi connectivity index (χ2v) is 3.26. The van der Waals surface area contributed by atoms with E-state index < -0.39 is 0 Å². The summed E-state index contributed by atoms with van der Waals surface area (Å²) < 4.78 is 0. The first-order valence-corrected chi connectivity index (χ1v) is 4.78. The third kappa shape index (κ3) is 3.94. The van der Waals surface area contributed by atoms with Crippen molar-refractivity contribution in [3.63, 3.8) is 0 Å². The summed E-state index contributed by atoms with van der Waals surface area (Å²) in [6.07, 6.45) is 4.38. The summed E-state index contributed by atoms with van der Waals surface area (Å²) in [4.78, 5) is 2.64. The summed E-state index contributed by atoms with van der Waals surface area (Å²) in [5.41, 5.74) is 8.90. The standard InChI is InChI=1S/C10H10ClN3O/c11-9-5-4-8(7-10(9)15)3-1-2-6-13-14-12/h1,3-5,7,15H,2,6H2. The average molecular weight is 224 g/mol. The number of hydrogen-bond donors (Lipinski definition) is 1. The normalized spacial score (nSPS) is 10.2. The average Bonchev–Trinajstić information content (AvgIpc) is 2.23. The molecule has 0 heterocycles. The van der Waals surface area contributed by atoms with Gasteiger partial charge in [0.15, 0.2) is 0 Å². The molecule has 0 amide bonds. The maximum atomic E-state index is 9.31. The lowest BCUT2D eigenvalue weighted by Crippen LogP contribution is -1.75. The topological polar surface area (TPSA) is 69.0 Å². The molecule has 0 unspecified atom stereocenters. The molecule has 1 aromatic rings. The molecule has 0 spiro atoms. The predicted molar refractivity (Wildman–Crippen MR) is 60.8 cm³/mol. The van der Waals surface area contributed by atoms with Gasteiger partial charge in [0.25, 0.3) is 0 Å². The molecular weight excluding hydrogens is 214 g/mol. The Morgan fingerprint density at radius 1 is 1.53 bits per heavy atom. The minimum Gasteiger partial charge on any atom is -0.506 e. The molecule has 0 atom stereocenters. The molecule has 15 heavy (non-hydrogen) atoms. The number of phenolic OH excluding ortho intramolecular Hbond substituents is 1. The highest BCUT2D eigenvalue weighted by atomic mass is 35.5. The number of hydrogen-bond acceptors (Lipinski definition) is 2. The minimum atomic E-state index is 0.0638. The van der Waals surface area contributed by atoms with E-state index in [0.29, 0.717) is 18.0 Å². The molecule has 5 heteroatoms. The molecule has 0 aliphatic heterocycles. The van der Waals surface area contributed by atoms with Crippen LogP contribution in [0.1, 0.15) is 12.0 Å². The first kappa shape index (κ1) is 11.4.